The van der Waals surface area contributed by atoms with Crippen LogP contribution < -0.4 is 0 Å². The molecule has 1 fully saturated rings. The zero-order valence-corrected chi connectivity index (χ0v) is 9.16. The number of carbonyl (C=O) groups excluding carboxylic acids is 1. The summed E-state index contributed by atoms with van der Waals surface area (Å²) in [7, 11) is 2.02. The van der Waals surface area contributed by atoms with Crippen LogP contribution in [0.4, 0.5) is 8.78 Å². The van der Waals surface area contributed by atoms with Crippen molar-refractivity contribution in [2.75, 3.05) is 13.6 Å². The predicted molar refractivity (Wildman–Crippen MR) is 53.9 cm³/mol. The normalized spacial score (nSPS) is 30.1. The van der Waals surface area contributed by atoms with Crippen molar-refractivity contribution in [2.24, 2.45) is 5.92 Å². The molecule has 0 bridgehead atoms. The molecule has 1 heterocycles. The summed E-state index contributed by atoms with van der Waals surface area (Å²) in [6, 6.07) is 0.338. The summed E-state index contributed by atoms with van der Waals surface area (Å²) >= 11 is 0. The standard InChI is InChI=1S/C11H15F2NO2/c1-14-5-4-7-2-3-8(6-9(7)14)16-11(15)10(12)13/h3,7,9-10H,2,4-6H2,1H3. The van der Waals surface area contributed by atoms with Crippen LogP contribution in [-0.2, 0) is 9.53 Å². The molecule has 2 atom stereocenters. The first-order valence-electron chi connectivity index (χ1n) is 5.47. The van der Waals surface area contributed by atoms with Crippen molar-refractivity contribution in [3.8, 4) is 0 Å². The van der Waals surface area contributed by atoms with E-state index in [1.807, 2.05) is 7.05 Å². The summed E-state index contributed by atoms with van der Waals surface area (Å²) in [4.78, 5) is 13.0. The van der Waals surface area contributed by atoms with Crippen molar-refractivity contribution in [2.45, 2.75) is 31.7 Å². The molecule has 0 aromatic heterocycles. The van der Waals surface area contributed by atoms with Crippen LogP contribution in [0.3, 0.4) is 0 Å². The second-order valence-corrected chi connectivity index (χ2v) is 4.43. The number of halogens is 2. The van der Waals surface area contributed by atoms with Gasteiger partial charge in [0.15, 0.2) is 0 Å². The molecule has 1 saturated heterocycles. The third-order valence-electron chi connectivity index (χ3n) is 3.43. The van der Waals surface area contributed by atoms with Crippen LogP contribution in [0.1, 0.15) is 19.3 Å². The van der Waals surface area contributed by atoms with Crippen LogP contribution in [0.25, 0.3) is 0 Å². The maximum Gasteiger partial charge on any atom is 0.378 e. The van der Waals surface area contributed by atoms with E-state index in [4.69, 9.17) is 0 Å². The number of hydrogen-bond donors (Lipinski definition) is 0. The molecule has 1 aliphatic carbocycles. The molecule has 2 rings (SSSR count). The second kappa shape index (κ2) is 4.49. The van der Waals surface area contributed by atoms with Crippen molar-refractivity contribution in [1.82, 2.24) is 4.90 Å². The number of fused-ring (bicyclic) bond motifs is 1. The predicted octanol–water partition coefficient (Wildman–Crippen LogP) is 1.79. The highest BCUT2D eigenvalue weighted by Crippen LogP contribution is 2.35. The molecule has 2 unspecified atom stereocenters. The number of ether oxygens (including phenoxy) is 1. The molecule has 5 heteroatoms. The minimum atomic E-state index is -3.04. The molecule has 0 aromatic carbocycles. The van der Waals surface area contributed by atoms with E-state index >= 15 is 0 Å². The monoisotopic (exact) mass is 231 g/mol. The van der Waals surface area contributed by atoms with Crippen molar-refractivity contribution < 1.29 is 18.3 Å². The van der Waals surface area contributed by atoms with Crippen molar-refractivity contribution in [1.29, 1.82) is 0 Å². The SMILES string of the molecule is CN1CCC2CC=C(OC(=O)C(F)F)CC21. The fraction of sp³-hybridized carbons (Fsp3) is 0.727. The van der Waals surface area contributed by atoms with Gasteiger partial charge in [-0.15, -0.1) is 0 Å². The van der Waals surface area contributed by atoms with Crippen LogP contribution in [0.2, 0.25) is 0 Å². The largest absolute Gasteiger partial charge is 0.427 e. The molecule has 0 radical (unpaired) electrons. The number of rotatable bonds is 2. The molecule has 0 aromatic rings. The third kappa shape index (κ3) is 2.24. The molecule has 0 N–H and O–H groups in total. The van der Waals surface area contributed by atoms with E-state index in [1.165, 1.54) is 0 Å². The molecule has 0 amide bonds. The van der Waals surface area contributed by atoms with Gasteiger partial charge in [-0.25, -0.2) is 4.79 Å². The number of allylic oxidation sites excluding steroid dienone is 1. The van der Waals surface area contributed by atoms with Crippen LogP contribution >= 0.6 is 0 Å². The van der Waals surface area contributed by atoms with E-state index in [1.54, 1.807) is 6.08 Å². The van der Waals surface area contributed by atoms with Gasteiger partial charge in [0.05, 0.1) is 0 Å². The molecule has 90 valence electrons. The topological polar surface area (TPSA) is 29.5 Å². The molecule has 0 saturated carbocycles. The van der Waals surface area contributed by atoms with E-state index in [-0.39, 0.29) is 0 Å². The molecule has 16 heavy (non-hydrogen) atoms. The summed E-state index contributed by atoms with van der Waals surface area (Å²) in [6.45, 7) is 1.03. The molecular weight excluding hydrogens is 216 g/mol. The minimum Gasteiger partial charge on any atom is -0.427 e. The average Bonchev–Trinajstić information content (AvgIpc) is 2.60. The van der Waals surface area contributed by atoms with Gasteiger partial charge in [0.25, 0.3) is 0 Å². The third-order valence-corrected chi connectivity index (χ3v) is 3.43. The molecule has 3 nitrogen and oxygen atoms in total. The lowest BCUT2D eigenvalue weighted by atomic mass is 9.89. The highest BCUT2D eigenvalue weighted by atomic mass is 19.3. The Hall–Kier alpha value is -0.970. The number of esters is 1. The zero-order valence-electron chi connectivity index (χ0n) is 9.16. The van der Waals surface area contributed by atoms with Gasteiger partial charge in [0.1, 0.15) is 5.76 Å². The summed E-state index contributed by atoms with van der Waals surface area (Å²) in [5.74, 6) is -0.454. The van der Waals surface area contributed by atoms with E-state index in [0.717, 1.165) is 19.4 Å². The number of alkyl halides is 2. The van der Waals surface area contributed by atoms with Crippen molar-refractivity contribution in [3.05, 3.63) is 11.8 Å². The molecular formula is C11H15F2NO2. The number of likely N-dealkylation sites (tertiary alicyclic amines) is 1. The lowest BCUT2D eigenvalue weighted by Gasteiger charge is -2.28. The number of nitrogens with zero attached hydrogens (tertiary/aromatic N) is 1. The second-order valence-electron chi connectivity index (χ2n) is 4.43. The van der Waals surface area contributed by atoms with E-state index in [9.17, 15) is 13.6 Å². The van der Waals surface area contributed by atoms with Gasteiger partial charge in [-0.05, 0) is 38.4 Å². The Morgan fingerprint density at radius 2 is 2.38 bits per heavy atom. The van der Waals surface area contributed by atoms with Gasteiger partial charge in [0.2, 0.25) is 0 Å². The summed E-state index contributed by atoms with van der Waals surface area (Å²) < 4.78 is 28.7. The maximum atomic E-state index is 12.0. The smallest absolute Gasteiger partial charge is 0.378 e. The first-order chi connectivity index (χ1) is 7.58. The molecule has 2 aliphatic rings. The van der Waals surface area contributed by atoms with Crippen LogP contribution in [0.5, 0.6) is 0 Å². The first kappa shape index (κ1) is 11.5. The average molecular weight is 231 g/mol. The van der Waals surface area contributed by atoms with E-state index in [0.29, 0.717) is 24.1 Å². The van der Waals surface area contributed by atoms with Crippen LogP contribution in [0, 0.1) is 5.92 Å². The fourth-order valence-corrected chi connectivity index (χ4v) is 2.51. The van der Waals surface area contributed by atoms with E-state index < -0.39 is 12.4 Å². The zero-order chi connectivity index (χ0) is 11.7. The highest BCUT2D eigenvalue weighted by molar-refractivity contribution is 5.73. The summed E-state index contributed by atoms with van der Waals surface area (Å²) in [6.07, 6.45) is 1.26. The highest BCUT2D eigenvalue weighted by Gasteiger charge is 2.35. The Kier molecular flexibility index (Phi) is 3.23. The molecule has 1 aliphatic heterocycles. The number of carbonyl (C=O) groups is 1. The van der Waals surface area contributed by atoms with Crippen LogP contribution in [0.15, 0.2) is 11.8 Å². The van der Waals surface area contributed by atoms with Crippen molar-refractivity contribution in [3.63, 3.8) is 0 Å². The molecule has 0 spiro atoms. The van der Waals surface area contributed by atoms with Gasteiger partial charge in [-0.3, -0.25) is 0 Å². The summed E-state index contributed by atoms with van der Waals surface area (Å²) in [5, 5.41) is 0. The minimum absolute atomic E-state index is 0.338. The first-order valence-corrected chi connectivity index (χ1v) is 5.47. The van der Waals surface area contributed by atoms with Gasteiger partial charge >= 0.3 is 12.4 Å². The quantitative estimate of drug-likeness (QED) is 0.679. The lowest BCUT2D eigenvalue weighted by Crippen LogP contribution is -2.32. The maximum absolute atomic E-state index is 12.0. The van der Waals surface area contributed by atoms with Gasteiger partial charge in [-0.1, -0.05) is 0 Å². The Morgan fingerprint density at radius 3 is 3.06 bits per heavy atom. The van der Waals surface area contributed by atoms with Gasteiger partial charge in [0, 0.05) is 12.5 Å². The Morgan fingerprint density at radius 1 is 1.62 bits per heavy atom. The van der Waals surface area contributed by atoms with Crippen LogP contribution in [-0.4, -0.2) is 36.9 Å². The number of hydrogen-bond acceptors (Lipinski definition) is 3. The lowest BCUT2D eigenvalue weighted by molar-refractivity contribution is -0.152. The van der Waals surface area contributed by atoms with Gasteiger partial charge < -0.3 is 9.64 Å². The fourth-order valence-electron chi connectivity index (χ4n) is 2.51. The van der Waals surface area contributed by atoms with E-state index in [2.05, 4.69) is 9.64 Å². The Bertz CT molecular complexity index is 317. The Balaban J connectivity index is 1.96. The van der Waals surface area contributed by atoms with Gasteiger partial charge in [-0.2, -0.15) is 8.78 Å². The summed E-state index contributed by atoms with van der Waals surface area (Å²) in [5.41, 5.74) is 0. The van der Waals surface area contributed by atoms with Crippen molar-refractivity contribution >= 4 is 5.97 Å². The Labute approximate surface area is 93.1 Å².